The summed E-state index contributed by atoms with van der Waals surface area (Å²) in [5.74, 6) is 0.243. The lowest BCUT2D eigenvalue weighted by Crippen LogP contribution is -2.39. The van der Waals surface area contributed by atoms with Gasteiger partial charge in [-0.2, -0.15) is 5.26 Å². The Hall–Kier alpha value is -3.28. The van der Waals surface area contributed by atoms with Gasteiger partial charge in [-0.1, -0.05) is 59.4 Å². The number of ether oxygens (including phenoxy) is 2. The number of hydrogen-bond acceptors (Lipinski definition) is 7. The van der Waals surface area contributed by atoms with E-state index in [4.69, 9.17) is 9.47 Å². The van der Waals surface area contributed by atoms with Crippen molar-refractivity contribution in [2.45, 2.75) is 33.4 Å². The topological polar surface area (TPSA) is 93.7 Å². The van der Waals surface area contributed by atoms with Crippen LogP contribution in [0.1, 0.15) is 47.7 Å². The summed E-state index contributed by atoms with van der Waals surface area (Å²) in [6, 6.07) is 20.7. The number of carbonyl (C=O) groups excluding carboxylic acids is 1. The number of allylic oxidation sites excluding steroid dienone is 1. The van der Waals surface area contributed by atoms with Gasteiger partial charge < -0.3 is 9.47 Å². The third-order valence-electron chi connectivity index (χ3n) is 6.74. The number of halogens is 2. The van der Waals surface area contributed by atoms with Gasteiger partial charge in [-0.25, -0.2) is 9.79 Å². The molecule has 0 amide bonds. The predicted octanol–water partition coefficient (Wildman–Crippen LogP) is 5.77. The van der Waals surface area contributed by atoms with Crippen molar-refractivity contribution >= 4 is 68.6 Å². The molecule has 7 nitrogen and oxygen atoms in total. The monoisotopic (exact) mass is 801 g/mol. The molecule has 212 valence electrons. The average Bonchev–Trinajstić information content (AvgIpc) is 3.26. The van der Waals surface area contributed by atoms with Crippen LogP contribution in [0.2, 0.25) is 0 Å². The molecule has 42 heavy (non-hydrogen) atoms. The normalized spacial score (nSPS) is 14.7. The van der Waals surface area contributed by atoms with Crippen LogP contribution in [-0.4, -0.2) is 17.1 Å². The smallest absolute Gasteiger partial charge is 0.338 e. The fraction of sp³-hybridized carbons (Fsp3) is 0.188. The molecule has 10 heteroatoms. The van der Waals surface area contributed by atoms with Gasteiger partial charge in [0.05, 0.1) is 47.2 Å². The summed E-state index contributed by atoms with van der Waals surface area (Å²) in [6.45, 7) is 6.03. The lowest BCUT2D eigenvalue weighted by Gasteiger charge is -2.24. The van der Waals surface area contributed by atoms with Crippen molar-refractivity contribution in [3.8, 4) is 11.8 Å². The first-order valence-electron chi connectivity index (χ1n) is 13.1. The van der Waals surface area contributed by atoms with E-state index < -0.39 is 12.0 Å². The van der Waals surface area contributed by atoms with Gasteiger partial charge in [0.1, 0.15) is 12.4 Å². The van der Waals surface area contributed by atoms with Crippen LogP contribution in [0.3, 0.4) is 0 Å². The third-order valence-corrected chi connectivity index (χ3v) is 9.32. The molecule has 0 radical (unpaired) electrons. The number of aryl methyl sites for hydroxylation is 1. The molecule has 1 aromatic heterocycles. The number of nitriles is 1. The van der Waals surface area contributed by atoms with Crippen LogP contribution in [0.5, 0.6) is 5.75 Å². The van der Waals surface area contributed by atoms with E-state index in [1.54, 1.807) is 24.5 Å². The largest absolute Gasteiger partial charge is 0.487 e. The van der Waals surface area contributed by atoms with E-state index >= 15 is 0 Å². The molecule has 1 aliphatic heterocycles. The number of fused-ring (bicyclic) bond motifs is 1. The molecular weight excluding hydrogens is 776 g/mol. The van der Waals surface area contributed by atoms with Crippen molar-refractivity contribution in [2.75, 3.05) is 6.61 Å². The standard InChI is InChI=1S/C32H25I2N3O4S/c1-4-40-31(39)27-19(3)36-32-37(28(27)21-11-9-18(2)10-12-21)30(38)26(42-32)15-20-13-24(33)29(25(34)14-20)41-17-23-8-6-5-7-22(23)16-35/h5-15,28H,4,17H2,1-3H3/b26-15+/t28-/m0/s1. The highest BCUT2D eigenvalue weighted by atomic mass is 127. The number of rotatable bonds is 7. The molecule has 0 N–H and O–H groups in total. The van der Waals surface area contributed by atoms with Crippen molar-refractivity contribution in [1.29, 1.82) is 5.26 Å². The quantitative estimate of drug-likeness (QED) is 0.175. The van der Waals surface area contributed by atoms with Crippen LogP contribution in [0.15, 0.2) is 81.7 Å². The number of nitrogens with zero attached hydrogens (tertiary/aromatic N) is 3. The molecule has 0 bridgehead atoms. The first-order chi connectivity index (χ1) is 20.2. The third kappa shape index (κ3) is 6.09. The Labute approximate surface area is 274 Å². The summed E-state index contributed by atoms with van der Waals surface area (Å²) >= 11 is 5.74. The van der Waals surface area contributed by atoms with Crippen molar-refractivity contribution in [3.63, 3.8) is 0 Å². The molecule has 4 aromatic rings. The fourth-order valence-corrected chi connectivity index (χ4v) is 7.89. The number of hydrogen-bond donors (Lipinski definition) is 0. The van der Waals surface area contributed by atoms with Gasteiger partial charge >= 0.3 is 5.97 Å². The average molecular weight is 801 g/mol. The zero-order chi connectivity index (χ0) is 30.0. The van der Waals surface area contributed by atoms with Crippen molar-refractivity contribution in [1.82, 2.24) is 4.57 Å². The van der Waals surface area contributed by atoms with E-state index in [0.717, 1.165) is 35.1 Å². The van der Waals surface area contributed by atoms with Crippen LogP contribution in [0.4, 0.5) is 0 Å². The second kappa shape index (κ2) is 12.9. The second-order valence-electron chi connectivity index (χ2n) is 9.58. The van der Waals surface area contributed by atoms with Gasteiger partial charge in [-0.05, 0) is 101 Å². The number of thiazole rings is 1. The lowest BCUT2D eigenvalue weighted by atomic mass is 9.95. The first-order valence-corrected chi connectivity index (χ1v) is 16.0. The molecule has 0 spiro atoms. The number of esters is 1. The lowest BCUT2D eigenvalue weighted by molar-refractivity contribution is -0.139. The zero-order valence-corrected chi connectivity index (χ0v) is 28.1. The van der Waals surface area contributed by atoms with E-state index in [9.17, 15) is 14.9 Å². The minimum atomic E-state index is -0.643. The molecular formula is C32H25I2N3O4S. The summed E-state index contributed by atoms with van der Waals surface area (Å²) in [5.41, 5.74) is 4.81. The summed E-state index contributed by atoms with van der Waals surface area (Å²) in [5, 5.41) is 9.39. The SMILES string of the molecule is CCOC(=O)C1=C(C)N=c2s/c(=C/c3cc(I)c(OCc4ccccc4C#N)c(I)c3)c(=O)n2[C@H]1c1ccc(C)cc1. The minimum absolute atomic E-state index is 0.225. The number of benzene rings is 3. The highest BCUT2D eigenvalue weighted by molar-refractivity contribution is 14.1. The van der Waals surface area contributed by atoms with E-state index in [1.807, 2.05) is 67.6 Å². The zero-order valence-electron chi connectivity index (χ0n) is 23.0. The van der Waals surface area contributed by atoms with Crippen LogP contribution in [0.25, 0.3) is 6.08 Å². The van der Waals surface area contributed by atoms with Crippen LogP contribution < -0.4 is 19.6 Å². The second-order valence-corrected chi connectivity index (χ2v) is 12.9. The Bertz CT molecular complexity index is 1930. The molecule has 2 heterocycles. The molecule has 0 unspecified atom stereocenters. The number of aromatic nitrogens is 1. The molecule has 1 aliphatic rings. The molecule has 0 aliphatic carbocycles. The maximum absolute atomic E-state index is 13.9. The van der Waals surface area contributed by atoms with E-state index in [1.165, 1.54) is 11.3 Å². The number of carbonyl (C=O) groups is 1. The van der Waals surface area contributed by atoms with Gasteiger partial charge in [0.25, 0.3) is 5.56 Å². The van der Waals surface area contributed by atoms with Crippen molar-refractivity contribution in [3.05, 3.63) is 127 Å². The Morgan fingerprint density at radius 1 is 1.12 bits per heavy atom. The van der Waals surface area contributed by atoms with Crippen LogP contribution in [-0.2, 0) is 16.1 Å². The summed E-state index contributed by atoms with van der Waals surface area (Å²) < 4.78 is 15.4. The Balaban J connectivity index is 1.55. The van der Waals surface area contributed by atoms with Crippen molar-refractivity contribution in [2.24, 2.45) is 4.99 Å². The Morgan fingerprint density at radius 2 is 1.81 bits per heavy atom. The highest BCUT2D eigenvalue weighted by Gasteiger charge is 2.33. The van der Waals surface area contributed by atoms with Crippen LogP contribution >= 0.6 is 56.5 Å². The molecule has 0 saturated heterocycles. The van der Waals surface area contributed by atoms with Gasteiger partial charge in [0, 0.05) is 5.56 Å². The van der Waals surface area contributed by atoms with E-state index in [-0.39, 0.29) is 18.8 Å². The van der Waals surface area contributed by atoms with Gasteiger partial charge in [0.15, 0.2) is 4.80 Å². The summed E-state index contributed by atoms with van der Waals surface area (Å²) in [6.07, 6.45) is 1.85. The molecule has 1 atom stereocenters. The van der Waals surface area contributed by atoms with Gasteiger partial charge in [0.2, 0.25) is 0 Å². The maximum Gasteiger partial charge on any atom is 0.338 e. The summed E-state index contributed by atoms with van der Waals surface area (Å²) in [7, 11) is 0. The van der Waals surface area contributed by atoms with E-state index in [0.29, 0.717) is 26.2 Å². The molecule has 0 fully saturated rings. The molecule has 0 saturated carbocycles. The van der Waals surface area contributed by atoms with E-state index in [2.05, 4.69) is 56.2 Å². The Kier molecular flexibility index (Phi) is 9.29. The fourth-order valence-electron chi connectivity index (χ4n) is 4.71. The maximum atomic E-state index is 13.9. The molecule has 3 aromatic carbocycles. The van der Waals surface area contributed by atoms with Crippen LogP contribution in [0, 0.1) is 25.4 Å². The minimum Gasteiger partial charge on any atom is -0.487 e. The predicted molar refractivity (Wildman–Crippen MR) is 179 cm³/mol. The first kappa shape index (κ1) is 30.2. The van der Waals surface area contributed by atoms with Gasteiger partial charge in [-0.15, -0.1) is 0 Å². The molecule has 5 rings (SSSR count). The summed E-state index contributed by atoms with van der Waals surface area (Å²) in [4.78, 5) is 32.2. The Morgan fingerprint density at radius 3 is 2.48 bits per heavy atom. The highest BCUT2D eigenvalue weighted by Crippen LogP contribution is 2.32. The van der Waals surface area contributed by atoms with Gasteiger partial charge in [-0.3, -0.25) is 9.36 Å². The van der Waals surface area contributed by atoms with Crippen molar-refractivity contribution < 1.29 is 14.3 Å².